The molecule has 2 N–H and O–H groups in total. The number of hydrogen-bond acceptors (Lipinski definition) is 4. The highest BCUT2D eigenvalue weighted by Gasteiger charge is 2.25. The Morgan fingerprint density at radius 3 is 2.81 bits per heavy atom. The van der Waals surface area contributed by atoms with Crippen LogP contribution < -0.4 is 5.73 Å². The van der Waals surface area contributed by atoms with Crippen LogP contribution in [0.25, 0.3) is 11.3 Å². The Balaban J connectivity index is 0.00000161. The third-order valence-electron chi connectivity index (χ3n) is 4.06. The van der Waals surface area contributed by atoms with Crippen LogP contribution in [0.4, 0.5) is 0 Å². The molecule has 0 radical (unpaired) electrons. The van der Waals surface area contributed by atoms with Gasteiger partial charge in [-0.3, -0.25) is 4.90 Å². The fraction of sp³-hybridized carbons (Fsp3) is 0.438. The average Bonchev–Trinajstić information content (AvgIpc) is 3.10. The molecular formula is C16H22ClN3O. The number of aromatic nitrogens is 1. The summed E-state index contributed by atoms with van der Waals surface area (Å²) in [6.07, 6.45) is 1.18. The van der Waals surface area contributed by atoms with E-state index >= 15 is 0 Å². The van der Waals surface area contributed by atoms with Crippen molar-refractivity contribution in [1.82, 2.24) is 10.1 Å². The van der Waals surface area contributed by atoms with Crippen LogP contribution in [0.1, 0.15) is 19.1 Å². The Kier molecular flexibility index (Phi) is 5.39. The highest BCUT2D eigenvalue weighted by atomic mass is 35.5. The van der Waals surface area contributed by atoms with Crippen molar-refractivity contribution >= 4 is 12.4 Å². The summed E-state index contributed by atoms with van der Waals surface area (Å²) in [6, 6.07) is 12.4. The van der Waals surface area contributed by atoms with Gasteiger partial charge in [-0.1, -0.05) is 35.5 Å². The van der Waals surface area contributed by atoms with E-state index in [9.17, 15) is 0 Å². The molecule has 0 amide bonds. The molecule has 1 aliphatic rings. The van der Waals surface area contributed by atoms with Crippen molar-refractivity contribution in [1.29, 1.82) is 0 Å². The molecule has 3 rings (SSSR count). The van der Waals surface area contributed by atoms with Gasteiger partial charge >= 0.3 is 0 Å². The maximum Gasteiger partial charge on any atom is 0.151 e. The van der Waals surface area contributed by atoms with Crippen LogP contribution >= 0.6 is 12.4 Å². The molecule has 1 fully saturated rings. The molecule has 1 aliphatic heterocycles. The van der Waals surface area contributed by atoms with Gasteiger partial charge in [0.15, 0.2) is 5.76 Å². The monoisotopic (exact) mass is 307 g/mol. The molecule has 2 heterocycles. The van der Waals surface area contributed by atoms with Crippen molar-refractivity contribution in [3.8, 4) is 11.3 Å². The predicted octanol–water partition coefficient (Wildman–Crippen LogP) is 2.93. The van der Waals surface area contributed by atoms with Crippen LogP contribution in [0.3, 0.4) is 0 Å². The first kappa shape index (κ1) is 16.0. The maximum atomic E-state index is 5.97. The first-order valence-electron chi connectivity index (χ1n) is 7.21. The van der Waals surface area contributed by atoms with E-state index in [-0.39, 0.29) is 18.4 Å². The molecule has 1 saturated heterocycles. The topological polar surface area (TPSA) is 55.3 Å². The number of nitrogens with zero attached hydrogens (tertiary/aromatic N) is 2. The van der Waals surface area contributed by atoms with Gasteiger partial charge in [0.25, 0.3) is 0 Å². The summed E-state index contributed by atoms with van der Waals surface area (Å²) in [5, 5.41) is 4.16. The van der Waals surface area contributed by atoms with Gasteiger partial charge in [0.2, 0.25) is 0 Å². The van der Waals surface area contributed by atoms with E-state index in [2.05, 4.69) is 17.0 Å². The summed E-state index contributed by atoms with van der Waals surface area (Å²) in [5.41, 5.74) is 7.97. The highest BCUT2D eigenvalue weighted by Crippen LogP contribution is 2.23. The van der Waals surface area contributed by atoms with Crippen molar-refractivity contribution in [2.45, 2.75) is 25.9 Å². The van der Waals surface area contributed by atoms with E-state index in [1.807, 2.05) is 36.4 Å². The van der Waals surface area contributed by atoms with Crippen molar-refractivity contribution in [3.05, 3.63) is 42.2 Å². The average molecular weight is 308 g/mol. The fourth-order valence-electron chi connectivity index (χ4n) is 2.79. The zero-order valence-electron chi connectivity index (χ0n) is 12.2. The minimum Gasteiger partial charge on any atom is -0.359 e. The predicted molar refractivity (Wildman–Crippen MR) is 86.2 cm³/mol. The normalized spacial score (nSPS) is 20.2. The highest BCUT2D eigenvalue weighted by molar-refractivity contribution is 5.85. The first-order valence-corrected chi connectivity index (χ1v) is 7.21. The number of hydrogen-bond donors (Lipinski definition) is 1. The summed E-state index contributed by atoms with van der Waals surface area (Å²) in [6.45, 7) is 5.06. The van der Waals surface area contributed by atoms with E-state index < -0.39 is 0 Å². The van der Waals surface area contributed by atoms with Gasteiger partial charge in [0, 0.05) is 24.2 Å². The van der Waals surface area contributed by atoms with E-state index in [0.29, 0.717) is 5.92 Å². The molecule has 0 saturated carbocycles. The van der Waals surface area contributed by atoms with Crippen molar-refractivity contribution in [3.63, 3.8) is 0 Å². The second-order valence-corrected chi connectivity index (χ2v) is 5.69. The van der Waals surface area contributed by atoms with Crippen LogP contribution in [-0.2, 0) is 6.54 Å². The summed E-state index contributed by atoms with van der Waals surface area (Å²) >= 11 is 0. The minimum absolute atomic E-state index is 0. The van der Waals surface area contributed by atoms with Gasteiger partial charge < -0.3 is 10.3 Å². The van der Waals surface area contributed by atoms with Gasteiger partial charge in [-0.15, -0.1) is 12.4 Å². The zero-order valence-corrected chi connectivity index (χ0v) is 13.1. The molecule has 2 atom stereocenters. The Labute approximate surface area is 131 Å². The largest absolute Gasteiger partial charge is 0.359 e. The molecule has 0 spiro atoms. The number of halogens is 1. The lowest BCUT2D eigenvalue weighted by atomic mass is 10.0. The zero-order chi connectivity index (χ0) is 13.9. The lowest BCUT2D eigenvalue weighted by Gasteiger charge is -2.16. The number of rotatable bonds is 4. The number of nitrogens with two attached hydrogens (primary N) is 1. The molecule has 2 aromatic rings. The van der Waals surface area contributed by atoms with Gasteiger partial charge in [0.1, 0.15) is 5.69 Å². The van der Waals surface area contributed by atoms with Crippen LogP contribution in [-0.4, -0.2) is 29.2 Å². The first-order chi connectivity index (χ1) is 9.72. The minimum atomic E-state index is 0. The summed E-state index contributed by atoms with van der Waals surface area (Å²) in [4.78, 5) is 2.39. The Morgan fingerprint density at radius 1 is 1.38 bits per heavy atom. The van der Waals surface area contributed by atoms with Crippen molar-refractivity contribution in [2.75, 3.05) is 13.1 Å². The second-order valence-electron chi connectivity index (χ2n) is 5.69. The molecule has 5 heteroatoms. The molecule has 114 valence electrons. The third-order valence-corrected chi connectivity index (χ3v) is 4.06. The third kappa shape index (κ3) is 3.84. The van der Waals surface area contributed by atoms with Crippen LogP contribution in [0, 0.1) is 5.92 Å². The molecule has 0 aliphatic carbocycles. The molecule has 2 unspecified atom stereocenters. The summed E-state index contributed by atoms with van der Waals surface area (Å²) < 4.78 is 5.45. The maximum absolute atomic E-state index is 5.97. The quantitative estimate of drug-likeness (QED) is 0.943. The van der Waals surface area contributed by atoms with E-state index in [4.69, 9.17) is 10.3 Å². The van der Waals surface area contributed by atoms with Crippen LogP contribution in [0.5, 0.6) is 0 Å². The van der Waals surface area contributed by atoms with Gasteiger partial charge in [-0.25, -0.2) is 0 Å². The standard InChI is InChI=1S/C16H21N3O.ClH/c1-12(17)14-7-8-19(10-14)11-15-9-16(18-20-15)13-5-3-2-4-6-13;/h2-6,9,12,14H,7-8,10-11,17H2,1H3;1H. The Morgan fingerprint density at radius 2 is 2.14 bits per heavy atom. The van der Waals surface area contributed by atoms with Crippen LogP contribution in [0.15, 0.2) is 40.9 Å². The molecule has 1 aromatic carbocycles. The van der Waals surface area contributed by atoms with Gasteiger partial charge in [-0.05, 0) is 25.8 Å². The van der Waals surface area contributed by atoms with E-state index in [0.717, 1.165) is 36.7 Å². The number of benzene rings is 1. The molecule has 4 nitrogen and oxygen atoms in total. The van der Waals surface area contributed by atoms with Crippen molar-refractivity contribution in [2.24, 2.45) is 11.7 Å². The van der Waals surface area contributed by atoms with Crippen molar-refractivity contribution < 1.29 is 4.52 Å². The molecular weight excluding hydrogens is 286 g/mol. The lowest BCUT2D eigenvalue weighted by molar-refractivity contribution is 0.262. The lowest BCUT2D eigenvalue weighted by Crippen LogP contribution is -2.29. The van der Waals surface area contributed by atoms with E-state index in [1.165, 1.54) is 6.42 Å². The Bertz CT molecular complexity index is 556. The fourth-order valence-corrected chi connectivity index (χ4v) is 2.79. The van der Waals surface area contributed by atoms with Crippen LogP contribution in [0.2, 0.25) is 0 Å². The summed E-state index contributed by atoms with van der Waals surface area (Å²) in [5.74, 6) is 1.53. The molecule has 21 heavy (non-hydrogen) atoms. The second kappa shape index (κ2) is 7.07. The van der Waals surface area contributed by atoms with Gasteiger partial charge in [0.05, 0.1) is 6.54 Å². The molecule has 0 bridgehead atoms. The van der Waals surface area contributed by atoms with E-state index in [1.54, 1.807) is 0 Å². The smallest absolute Gasteiger partial charge is 0.151 e. The van der Waals surface area contributed by atoms with Gasteiger partial charge in [-0.2, -0.15) is 0 Å². The SMILES string of the molecule is CC(N)C1CCN(Cc2cc(-c3ccccc3)no2)C1.Cl. The summed E-state index contributed by atoms with van der Waals surface area (Å²) in [7, 11) is 0. The Hall–Kier alpha value is -1.36. The molecule has 1 aromatic heterocycles. The number of likely N-dealkylation sites (tertiary alicyclic amines) is 1.